The first-order valence-electron chi connectivity index (χ1n) is 3.48. The van der Waals surface area contributed by atoms with Gasteiger partial charge in [0.1, 0.15) is 0 Å². The van der Waals surface area contributed by atoms with Crippen molar-refractivity contribution in [3.63, 3.8) is 0 Å². The first kappa shape index (κ1) is 7.76. The highest BCUT2D eigenvalue weighted by molar-refractivity contribution is 7.08. The summed E-state index contributed by atoms with van der Waals surface area (Å²) in [6.45, 7) is 3.91. The molecule has 0 aliphatic heterocycles. The Morgan fingerprint density at radius 3 is 2.70 bits per heavy atom. The predicted molar refractivity (Wildman–Crippen MR) is 44.3 cm³/mol. The molecule has 0 fully saturated rings. The molecule has 1 atom stereocenters. The van der Waals surface area contributed by atoms with Gasteiger partial charge < -0.3 is 5.11 Å². The van der Waals surface area contributed by atoms with Crippen LogP contribution in [0.3, 0.4) is 0 Å². The molecule has 0 aliphatic carbocycles. The summed E-state index contributed by atoms with van der Waals surface area (Å²) in [6.07, 6.45) is 0.713. The predicted octanol–water partition coefficient (Wildman–Crippen LogP) is 2.36. The Kier molecular flexibility index (Phi) is 2.46. The second-order valence-electron chi connectivity index (χ2n) is 2.38. The van der Waals surface area contributed by atoms with E-state index < -0.39 is 0 Å². The lowest BCUT2D eigenvalue weighted by atomic mass is 10.1. The molecule has 1 rings (SSSR count). The summed E-state index contributed by atoms with van der Waals surface area (Å²) in [5, 5.41) is 13.3. The van der Waals surface area contributed by atoms with Crippen molar-refractivity contribution in [3.05, 3.63) is 21.9 Å². The van der Waals surface area contributed by atoms with E-state index in [-0.39, 0.29) is 6.10 Å². The summed E-state index contributed by atoms with van der Waals surface area (Å²) in [5.74, 6) is 0. The molecular weight excluding hydrogens is 144 g/mol. The third-order valence-electron chi connectivity index (χ3n) is 1.61. The molecule has 0 amide bonds. The smallest absolute Gasteiger partial charge is 0.0772 e. The van der Waals surface area contributed by atoms with Gasteiger partial charge >= 0.3 is 0 Å². The fraction of sp³-hybridized carbons (Fsp3) is 0.500. The van der Waals surface area contributed by atoms with Crippen LogP contribution < -0.4 is 0 Å². The second-order valence-corrected chi connectivity index (χ2v) is 3.13. The van der Waals surface area contributed by atoms with Crippen molar-refractivity contribution in [3.8, 4) is 0 Å². The molecule has 1 nitrogen and oxygen atoms in total. The Bertz CT molecular complexity index is 203. The number of aliphatic hydroxyl groups excluding tert-OH is 1. The van der Waals surface area contributed by atoms with Crippen molar-refractivity contribution in [2.24, 2.45) is 0 Å². The van der Waals surface area contributed by atoms with Gasteiger partial charge in [-0.1, -0.05) is 6.92 Å². The van der Waals surface area contributed by atoms with E-state index in [0.29, 0.717) is 0 Å². The van der Waals surface area contributed by atoms with Crippen LogP contribution in [-0.2, 0) is 6.42 Å². The zero-order valence-corrected chi connectivity index (χ0v) is 7.11. The highest BCUT2D eigenvalue weighted by Gasteiger charge is 2.05. The van der Waals surface area contributed by atoms with E-state index in [4.69, 9.17) is 0 Å². The van der Waals surface area contributed by atoms with Crippen LogP contribution in [0.1, 0.15) is 31.1 Å². The Balaban J connectivity index is 2.90. The lowest BCUT2D eigenvalue weighted by Gasteiger charge is -2.02. The maximum atomic E-state index is 9.23. The average molecular weight is 156 g/mol. The first-order valence-corrected chi connectivity index (χ1v) is 4.43. The van der Waals surface area contributed by atoms with E-state index in [1.54, 1.807) is 18.3 Å². The second kappa shape index (κ2) is 3.17. The molecule has 1 aromatic heterocycles. The molecule has 1 unspecified atom stereocenters. The first-order chi connectivity index (χ1) is 4.75. The maximum absolute atomic E-state index is 9.23. The zero-order chi connectivity index (χ0) is 7.56. The standard InChI is InChI=1S/C8H12OS/c1-3-7-4-10-5-8(7)6(2)9/h4-6,9H,3H2,1-2H3. The molecular formula is C8H12OS. The van der Waals surface area contributed by atoms with Crippen LogP contribution in [0.5, 0.6) is 0 Å². The van der Waals surface area contributed by atoms with E-state index >= 15 is 0 Å². The van der Waals surface area contributed by atoms with Gasteiger partial charge in [0.2, 0.25) is 0 Å². The van der Waals surface area contributed by atoms with Crippen LogP contribution in [-0.4, -0.2) is 5.11 Å². The summed E-state index contributed by atoms with van der Waals surface area (Å²) in [4.78, 5) is 0. The summed E-state index contributed by atoms with van der Waals surface area (Å²) >= 11 is 1.66. The zero-order valence-electron chi connectivity index (χ0n) is 6.29. The molecule has 1 heterocycles. The molecule has 0 aliphatic rings. The fourth-order valence-corrected chi connectivity index (χ4v) is 2.02. The molecule has 0 spiro atoms. The van der Waals surface area contributed by atoms with E-state index in [2.05, 4.69) is 12.3 Å². The van der Waals surface area contributed by atoms with E-state index in [0.717, 1.165) is 12.0 Å². The SMILES string of the molecule is CCc1cscc1C(C)O. The average Bonchev–Trinajstić information content (AvgIpc) is 2.33. The number of rotatable bonds is 2. The Labute approximate surface area is 65.3 Å². The van der Waals surface area contributed by atoms with Crippen LogP contribution in [0, 0.1) is 0 Å². The van der Waals surface area contributed by atoms with Gasteiger partial charge in [0.25, 0.3) is 0 Å². The Hall–Kier alpha value is -0.340. The molecule has 0 bridgehead atoms. The van der Waals surface area contributed by atoms with Crippen LogP contribution >= 0.6 is 11.3 Å². The van der Waals surface area contributed by atoms with Gasteiger partial charge in [0.15, 0.2) is 0 Å². The van der Waals surface area contributed by atoms with E-state index in [1.807, 2.05) is 5.38 Å². The van der Waals surface area contributed by atoms with Crippen molar-refractivity contribution >= 4 is 11.3 Å². The summed E-state index contributed by atoms with van der Waals surface area (Å²) in [5.41, 5.74) is 2.37. The molecule has 0 radical (unpaired) electrons. The molecule has 1 N–H and O–H groups in total. The molecule has 0 saturated carbocycles. The van der Waals surface area contributed by atoms with Gasteiger partial charge in [-0.05, 0) is 35.2 Å². The van der Waals surface area contributed by atoms with Gasteiger partial charge in [-0.15, -0.1) is 0 Å². The topological polar surface area (TPSA) is 20.2 Å². The van der Waals surface area contributed by atoms with Crippen LogP contribution in [0.2, 0.25) is 0 Å². The van der Waals surface area contributed by atoms with Gasteiger partial charge in [-0.2, -0.15) is 11.3 Å². The molecule has 2 heteroatoms. The van der Waals surface area contributed by atoms with Crippen LogP contribution in [0.25, 0.3) is 0 Å². The fourth-order valence-electron chi connectivity index (χ4n) is 0.987. The molecule has 1 aromatic rings. The van der Waals surface area contributed by atoms with Crippen LogP contribution in [0.4, 0.5) is 0 Å². The lowest BCUT2D eigenvalue weighted by Crippen LogP contribution is -1.92. The van der Waals surface area contributed by atoms with Gasteiger partial charge in [-0.3, -0.25) is 0 Å². The van der Waals surface area contributed by atoms with Crippen molar-refractivity contribution < 1.29 is 5.11 Å². The molecule has 10 heavy (non-hydrogen) atoms. The quantitative estimate of drug-likeness (QED) is 0.697. The molecule has 56 valence electrons. The van der Waals surface area contributed by atoms with E-state index in [9.17, 15) is 5.11 Å². The van der Waals surface area contributed by atoms with Crippen LogP contribution in [0.15, 0.2) is 10.8 Å². The van der Waals surface area contributed by atoms with Gasteiger partial charge in [0.05, 0.1) is 6.10 Å². The third-order valence-corrected chi connectivity index (χ3v) is 2.42. The summed E-state index contributed by atoms with van der Waals surface area (Å²) < 4.78 is 0. The van der Waals surface area contributed by atoms with Gasteiger partial charge in [-0.25, -0.2) is 0 Å². The number of hydrogen-bond acceptors (Lipinski definition) is 2. The lowest BCUT2D eigenvalue weighted by molar-refractivity contribution is 0.199. The number of aryl methyl sites for hydroxylation is 1. The highest BCUT2D eigenvalue weighted by atomic mass is 32.1. The number of hydrogen-bond donors (Lipinski definition) is 1. The maximum Gasteiger partial charge on any atom is 0.0772 e. The number of aliphatic hydroxyl groups is 1. The van der Waals surface area contributed by atoms with Crippen molar-refractivity contribution in [2.45, 2.75) is 26.4 Å². The van der Waals surface area contributed by atoms with Crippen molar-refractivity contribution in [1.29, 1.82) is 0 Å². The van der Waals surface area contributed by atoms with E-state index in [1.165, 1.54) is 5.56 Å². The Morgan fingerprint density at radius 2 is 2.30 bits per heavy atom. The van der Waals surface area contributed by atoms with Crippen molar-refractivity contribution in [1.82, 2.24) is 0 Å². The largest absolute Gasteiger partial charge is 0.389 e. The number of thiophene rings is 1. The molecule has 0 aromatic carbocycles. The highest BCUT2D eigenvalue weighted by Crippen LogP contribution is 2.21. The minimum Gasteiger partial charge on any atom is -0.389 e. The Morgan fingerprint density at radius 1 is 1.60 bits per heavy atom. The minimum atomic E-state index is -0.304. The monoisotopic (exact) mass is 156 g/mol. The normalized spacial score (nSPS) is 13.5. The minimum absolute atomic E-state index is 0.304. The summed E-state index contributed by atoms with van der Waals surface area (Å²) in [7, 11) is 0. The van der Waals surface area contributed by atoms with Crippen molar-refractivity contribution in [2.75, 3.05) is 0 Å². The summed E-state index contributed by atoms with van der Waals surface area (Å²) in [6, 6.07) is 0. The van der Waals surface area contributed by atoms with Gasteiger partial charge in [0, 0.05) is 0 Å². The third kappa shape index (κ3) is 1.39. The molecule has 0 saturated heterocycles.